The molecule has 2 aromatic carbocycles. The average Bonchev–Trinajstić information content (AvgIpc) is 2.99. The van der Waals surface area contributed by atoms with E-state index in [0.29, 0.717) is 29.0 Å². The van der Waals surface area contributed by atoms with Gasteiger partial charge < -0.3 is 9.73 Å². The summed E-state index contributed by atoms with van der Waals surface area (Å²) in [6.07, 6.45) is 0.714. The molecule has 0 aliphatic carbocycles. The number of benzene rings is 2. The lowest BCUT2D eigenvalue weighted by Crippen LogP contribution is -2.22. The van der Waals surface area contributed by atoms with E-state index in [1.807, 2.05) is 6.07 Å². The molecule has 0 bridgehead atoms. The summed E-state index contributed by atoms with van der Waals surface area (Å²) >= 11 is 5.93. The molecule has 1 aliphatic heterocycles. The van der Waals surface area contributed by atoms with Crippen molar-refractivity contribution in [3.8, 4) is 6.07 Å². The van der Waals surface area contributed by atoms with Crippen LogP contribution in [0, 0.1) is 11.3 Å². The van der Waals surface area contributed by atoms with Crippen molar-refractivity contribution in [3.63, 3.8) is 0 Å². The van der Waals surface area contributed by atoms with Crippen LogP contribution in [-0.2, 0) is 22.8 Å². The van der Waals surface area contributed by atoms with E-state index in [4.69, 9.17) is 16.0 Å². The van der Waals surface area contributed by atoms with Crippen LogP contribution in [0.25, 0.3) is 11.0 Å². The van der Waals surface area contributed by atoms with Crippen LogP contribution in [0.5, 0.6) is 0 Å². The molecular weight excluding hydrogens is 360 g/mol. The molecule has 4 rings (SSSR count). The van der Waals surface area contributed by atoms with Crippen LogP contribution in [-0.4, -0.2) is 15.0 Å². The van der Waals surface area contributed by atoms with E-state index in [9.17, 15) is 13.7 Å². The second kappa shape index (κ2) is 5.88. The van der Waals surface area contributed by atoms with Crippen LogP contribution in [0.15, 0.2) is 50.6 Å². The number of fused-ring (bicyclic) bond motifs is 3. The molecule has 0 saturated heterocycles. The van der Waals surface area contributed by atoms with Crippen LogP contribution in [0.4, 0.5) is 0 Å². The number of nitrogens with zero attached hydrogens (tertiary/aromatic N) is 1. The Balaban J connectivity index is 1.98. The van der Waals surface area contributed by atoms with E-state index in [0.717, 1.165) is 17.9 Å². The van der Waals surface area contributed by atoms with Crippen LogP contribution in [0.3, 0.4) is 0 Å². The summed E-state index contributed by atoms with van der Waals surface area (Å²) < 4.78 is 31.8. The van der Waals surface area contributed by atoms with Gasteiger partial charge >= 0.3 is 0 Å². The topological polar surface area (TPSA) is 83.1 Å². The van der Waals surface area contributed by atoms with E-state index in [1.165, 1.54) is 18.2 Å². The lowest BCUT2D eigenvalue weighted by atomic mass is 10.0. The Bertz CT molecular complexity index is 1140. The fourth-order valence-corrected chi connectivity index (χ4v) is 4.70. The second-order valence-electron chi connectivity index (χ2n) is 5.85. The SMILES string of the molecule is N#Cc1cc(S(=O)(=O)c2cccc(Cl)c2)cc2c3c(oc12)CCNC3. The van der Waals surface area contributed by atoms with Crippen molar-refractivity contribution in [3.05, 3.63) is 58.3 Å². The molecule has 0 fully saturated rings. The van der Waals surface area contributed by atoms with Crippen molar-refractivity contribution in [1.82, 2.24) is 5.32 Å². The second-order valence-corrected chi connectivity index (χ2v) is 8.24. The van der Waals surface area contributed by atoms with Crippen LogP contribution in [0.2, 0.25) is 5.02 Å². The van der Waals surface area contributed by atoms with Gasteiger partial charge in [0.2, 0.25) is 9.84 Å². The molecule has 2 heterocycles. The summed E-state index contributed by atoms with van der Waals surface area (Å²) in [5, 5.41) is 13.7. The maximum Gasteiger partial charge on any atom is 0.206 e. The summed E-state index contributed by atoms with van der Waals surface area (Å²) in [7, 11) is -3.79. The molecule has 126 valence electrons. The van der Waals surface area contributed by atoms with E-state index >= 15 is 0 Å². The lowest BCUT2D eigenvalue weighted by molar-refractivity contribution is 0.500. The van der Waals surface area contributed by atoms with Gasteiger partial charge in [0.1, 0.15) is 11.8 Å². The predicted octanol–water partition coefficient (Wildman–Crippen LogP) is 3.44. The maximum atomic E-state index is 13.0. The van der Waals surface area contributed by atoms with Crippen molar-refractivity contribution in [2.45, 2.75) is 22.8 Å². The number of halogens is 1. The van der Waals surface area contributed by atoms with Crippen molar-refractivity contribution >= 4 is 32.4 Å². The minimum absolute atomic E-state index is 0.0630. The van der Waals surface area contributed by atoms with Gasteiger partial charge in [0.15, 0.2) is 5.58 Å². The quantitative estimate of drug-likeness (QED) is 0.745. The highest BCUT2D eigenvalue weighted by Gasteiger charge is 2.25. The van der Waals surface area contributed by atoms with Gasteiger partial charge in [-0.2, -0.15) is 5.26 Å². The van der Waals surface area contributed by atoms with Gasteiger partial charge in [-0.15, -0.1) is 0 Å². The van der Waals surface area contributed by atoms with E-state index in [-0.39, 0.29) is 15.4 Å². The molecule has 0 radical (unpaired) electrons. The Labute approximate surface area is 149 Å². The molecule has 3 aromatic rings. The van der Waals surface area contributed by atoms with Gasteiger partial charge in [0.25, 0.3) is 0 Å². The minimum atomic E-state index is -3.79. The Kier molecular flexibility index (Phi) is 3.80. The Morgan fingerprint density at radius 1 is 1.20 bits per heavy atom. The highest BCUT2D eigenvalue weighted by atomic mass is 35.5. The summed E-state index contributed by atoms with van der Waals surface area (Å²) in [5.41, 5.74) is 1.58. The number of hydrogen-bond acceptors (Lipinski definition) is 5. The molecule has 25 heavy (non-hydrogen) atoms. The third-order valence-electron chi connectivity index (χ3n) is 4.32. The molecule has 0 spiro atoms. The van der Waals surface area contributed by atoms with E-state index in [2.05, 4.69) is 5.32 Å². The van der Waals surface area contributed by atoms with Crippen molar-refractivity contribution in [1.29, 1.82) is 5.26 Å². The van der Waals surface area contributed by atoms with Crippen molar-refractivity contribution < 1.29 is 12.8 Å². The van der Waals surface area contributed by atoms with E-state index in [1.54, 1.807) is 18.2 Å². The minimum Gasteiger partial charge on any atom is -0.459 e. The zero-order chi connectivity index (χ0) is 17.6. The molecule has 0 atom stereocenters. The number of furan rings is 1. The highest BCUT2D eigenvalue weighted by Crippen LogP contribution is 2.34. The third kappa shape index (κ3) is 2.61. The molecule has 5 nitrogen and oxygen atoms in total. The van der Waals surface area contributed by atoms with Gasteiger partial charge in [-0.25, -0.2) is 8.42 Å². The number of sulfone groups is 1. The lowest BCUT2D eigenvalue weighted by Gasteiger charge is -2.11. The smallest absolute Gasteiger partial charge is 0.206 e. The van der Waals surface area contributed by atoms with Gasteiger partial charge in [0, 0.05) is 35.5 Å². The van der Waals surface area contributed by atoms with Gasteiger partial charge in [-0.3, -0.25) is 0 Å². The van der Waals surface area contributed by atoms with Crippen molar-refractivity contribution in [2.24, 2.45) is 0 Å². The molecule has 1 aromatic heterocycles. The Morgan fingerprint density at radius 3 is 2.80 bits per heavy atom. The Hall–Kier alpha value is -2.33. The summed E-state index contributed by atoms with van der Waals surface area (Å²) in [6, 6.07) is 11.1. The average molecular weight is 373 g/mol. The first-order valence-corrected chi connectivity index (χ1v) is 9.56. The van der Waals surface area contributed by atoms with Crippen LogP contribution in [0.1, 0.15) is 16.9 Å². The zero-order valence-electron chi connectivity index (χ0n) is 13.0. The fraction of sp³-hybridized carbons (Fsp3) is 0.167. The zero-order valence-corrected chi connectivity index (χ0v) is 14.6. The highest BCUT2D eigenvalue weighted by molar-refractivity contribution is 7.91. The predicted molar refractivity (Wildman–Crippen MR) is 93.2 cm³/mol. The number of nitrogens with one attached hydrogen (secondary N) is 1. The standard InChI is InChI=1S/C18H13ClN2O3S/c19-12-2-1-3-13(7-12)25(22,23)14-6-11(9-20)18-15(8-14)16-10-21-5-4-17(16)24-18/h1-3,6-8,21H,4-5,10H2. The Morgan fingerprint density at radius 2 is 2.04 bits per heavy atom. The molecule has 0 unspecified atom stereocenters. The number of rotatable bonds is 2. The largest absolute Gasteiger partial charge is 0.459 e. The van der Waals surface area contributed by atoms with Crippen LogP contribution >= 0.6 is 11.6 Å². The molecule has 1 N–H and O–H groups in total. The van der Waals surface area contributed by atoms with Gasteiger partial charge in [-0.05, 0) is 30.3 Å². The molecule has 1 aliphatic rings. The summed E-state index contributed by atoms with van der Waals surface area (Å²) in [6.45, 7) is 1.39. The number of nitriles is 1. The fourth-order valence-electron chi connectivity index (χ4n) is 3.09. The summed E-state index contributed by atoms with van der Waals surface area (Å²) in [4.78, 5) is 0.159. The van der Waals surface area contributed by atoms with Crippen molar-refractivity contribution in [2.75, 3.05) is 6.54 Å². The van der Waals surface area contributed by atoms with Gasteiger partial charge in [-0.1, -0.05) is 17.7 Å². The number of hydrogen-bond donors (Lipinski definition) is 1. The normalized spacial score (nSPS) is 14.2. The maximum absolute atomic E-state index is 13.0. The van der Waals surface area contributed by atoms with E-state index < -0.39 is 9.84 Å². The molecule has 7 heteroatoms. The summed E-state index contributed by atoms with van der Waals surface area (Å²) in [5.74, 6) is 0.808. The first-order valence-electron chi connectivity index (χ1n) is 7.70. The van der Waals surface area contributed by atoms with Gasteiger partial charge in [0.05, 0.1) is 15.4 Å². The van der Waals surface area contributed by atoms with Crippen LogP contribution < -0.4 is 5.32 Å². The molecular formula is C18H13ClN2O3S. The first-order chi connectivity index (χ1) is 12.0. The first kappa shape index (κ1) is 16.2. The molecule has 0 amide bonds. The molecule has 0 saturated carbocycles. The third-order valence-corrected chi connectivity index (χ3v) is 6.28. The monoisotopic (exact) mass is 372 g/mol.